The van der Waals surface area contributed by atoms with Crippen molar-refractivity contribution in [2.24, 2.45) is 16.8 Å². The van der Waals surface area contributed by atoms with Crippen molar-refractivity contribution in [3.63, 3.8) is 0 Å². The number of nitrogens with zero attached hydrogens (tertiary/aromatic N) is 1. The van der Waals surface area contributed by atoms with E-state index in [9.17, 15) is 5.11 Å². The zero-order chi connectivity index (χ0) is 20.6. The molecule has 2 nitrogen and oxygen atoms in total. The molecule has 0 radical (unpaired) electrons. The van der Waals surface area contributed by atoms with Gasteiger partial charge in [0.2, 0.25) is 0 Å². The predicted molar refractivity (Wildman–Crippen MR) is 127 cm³/mol. The third-order valence-corrected chi connectivity index (χ3v) is 8.75. The van der Waals surface area contributed by atoms with Crippen molar-refractivity contribution in [3.05, 3.63) is 12.2 Å². The van der Waals surface area contributed by atoms with Gasteiger partial charge in [0.25, 0.3) is 0 Å². The van der Waals surface area contributed by atoms with E-state index in [2.05, 4.69) is 27.4 Å². The predicted octanol–water partition coefficient (Wildman–Crippen LogP) is 7.38. The summed E-state index contributed by atoms with van der Waals surface area (Å²) in [6.07, 6.45) is 14.3. The van der Waals surface area contributed by atoms with Gasteiger partial charge in [-0.1, -0.05) is 58.1 Å². The Kier molecular flexibility index (Phi) is 10.4. The number of halogens is 1. The SMILES string of the molecule is C=C1CCC([C@@H](CCCC)CCC2CCC(S[C@@](C)(CO)CCCC)=N2)[C@H]1Cl. The number of rotatable bonds is 12. The Labute approximate surface area is 183 Å². The highest BCUT2D eigenvalue weighted by Crippen LogP contribution is 2.43. The maximum atomic E-state index is 9.87. The molecule has 0 saturated heterocycles. The molecule has 0 bridgehead atoms. The van der Waals surface area contributed by atoms with Gasteiger partial charge in [0.05, 0.1) is 23.1 Å². The molecule has 1 saturated carbocycles. The van der Waals surface area contributed by atoms with Crippen LogP contribution < -0.4 is 0 Å². The van der Waals surface area contributed by atoms with Crippen LogP contribution in [0.25, 0.3) is 0 Å². The Bertz CT molecular complexity index is 523. The van der Waals surface area contributed by atoms with Crippen LogP contribution in [0.4, 0.5) is 0 Å². The van der Waals surface area contributed by atoms with Crippen LogP contribution in [0.3, 0.4) is 0 Å². The van der Waals surface area contributed by atoms with Crippen molar-refractivity contribution in [3.8, 4) is 0 Å². The molecular formula is C24H42ClNOS. The fourth-order valence-electron chi connectivity index (χ4n) is 4.77. The van der Waals surface area contributed by atoms with E-state index in [4.69, 9.17) is 16.6 Å². The highest BCUT2D eigenvalue weighted by Gasteiger charge is 2.35. The van der Waals surface area contributed by atoms with Gasteiger partial charge in [0.15, 0.2) is 0 Å². The number of hydrogen-bond acceptors (Lipinski definition) is 3. The van der Waals surface area contributed by atoms with E-state index in [0.29, 0.717) is 12.0 Å². The molecule has 0 spiro atoms. The van der Waals surface area contributed by atoms with Crippen molar-refractivity contribution in [1.29, 1.82) is 0 Å². The molecule has 0 aromatic carbocycles. The van der Waals surface area contributed by atoms with Crippen LogP contribution in [0.2, 0.25) is 0 Å². The molecule has 28 heavy (non-hydrogen) atoms. The third-order valence-electron chi connectivity index (χ3n) is 6.75. The first kappa shape index (κ1) is 24.3. The molecule has 2 unspecified atom stereocenters. The summed E-state index contributed by atoms with van der Waals surface area (Å²) < 4.78 is -0.0660. The van der Waals surface area contributed by atoms with E-state index >= 15 is 0 Å². The van der Waals surface area contributed by atoms with Crippen LogP contribution in [-0.4, -0.2) is 32.9 Å². The second-order valence-electron chi connectivity index (χ2n) is 9.27. The summed E-state index contributed by atoms with van der Waals surface area (Å²) in [5, 5.41) is 11.3. The van der Waals surface area contributed by atoms with Gasteiger partial charge in [-0.05, 0) is 63.7 Å². The third kappa shape index (κ3) is 7.06. The van der Waals surface area contributed by atoms with Crippen LogP contribution >= 0.6 is 23.4 Å². The molecular weight excluding hydrogens is 386 g/mol. The molecule has 1 aliphatic carbocycles. The summed E-state index contributed by atoms with van der Waals surface area (Å²) in [4.78, 5) is 5.06. The number of allylic oxidation sites excluding steroid dienone is 1. The fourth-order valence-corrected chi connectivity index (χ4v) is 6.51. The Morgan fingerprint density at radius 3 is 2.57 bits per heavy atom. The molecule has 1 heterocycles. The first-order valence-corrected chi connectivity index (χ1v) is 12.9. The Morgan fingerprint density at radius 2 is 1.96 bits per heavy atom. The maximum absolute atomic E-state index is 9.87. The topological polar surface area (TPSA) is 32.6 Å². The second-order valence-corrected chi connectivity index (χ2v) is 11.4. The van der Waals surface area contributed by atoms with Gasteiger partial charge in [-0.2, -0.15) is 0 Å². The van der Waals surface area contributed by atoms with Gasteiger partial charge in [0, 0.05) is 4.75 Å². The van der Waals surface area contributed by atoms with Crippen molar-refractivity contribution in [1.82, 2.24) is 0 Å². The normalized spacial score (nSPS) is 28.4. The zero-order valence-electron chi connectivity index (χ0n) is 18.4. The van der Waals surface area contributed by atoms with Crippen molar-refractivity contribution in [2.45, 2.75) is 114 Å². The first-order chi connectivity index (χ1) is 13.4. The molecule has 4 heteroatoms. The summed E-state index contributed by atoms with van der Waals surface area (Å²) >= 11 is 8.54. The summed E-state index contributed by atoms with van der Waals surface area (Å²) in [6, 6.07) is 0.471. The van der Waals surface area contributed by atoms with Gasteiger partial charge >= 0.3 is 0 Å². The molecule has 2 rings (SSSR count). The average molecular weight is 428 g/mol. The molecule has 1 aliphatic heterocycles. The van der Waals surface area contributed by atoms with Gasteiger partial charge in [-0.15, -0.1) is 23.4 Å². The molecule has 0 aromatic rings. The molecule has 1 N–H and O–H groups in total. The van der Waals surface area contributed by atoms with E-state index in [0.717, 1.165) is 25.2 Å². The Hall–Kier alpha value is 0.01000. The number of aliphatic imine (C=N–C) groups is 1. The number of aliphatic hydroxyl groups excluding tert-OH is 1. The van der Waals surface area contributed by atoms with Gasteiger partial charge < -0.3 is 5.11 Å². The van der Waals surface area contributed by atoms with Crippen LogP contribution in [0.15, 0.2) is 17.1 Å². The lowest BCUT2D eigenvalue weighted by Gasteiger charge is -2.27. The highest BCUT2D eigenvalue weighted by molar-refractivity contribution is 8.15. The van der Waals surface area contributed by atoms with Crippen LogP contribution in [0.1, 0.15) is 97.8 Å². The smallest absolute Gasteiger partial charge is 0.0686 e. The van der Waals surface area contributed by atoms with E-state index in [-0.39, 0.29) is 16.7 Å². The molecule has 1 fully saturated rings. The van der Waals surface area contributed by atoms with E-state index in [1.807, 2.05) is 11.8 Å². The van der Waals surface area contributed by atoms with Crippen LogP contribution in [-0.2, 0) is 0 Å². The van der Waals surface area contributed by atoms with Crippen LogP contribution in [0.5, 0.6) is 0 Å². The number of unbranched alkanes of at least 4 members (excludes halogenated alkanes) is 2. The lowest BCUT2D eigenvalue weighted by Crippen LogP contribution is -2.26. The molecule has 162 valence electrons. The Balaban J connectivity index is 1.88. The van der Waals surface area contributed by atoms with Crippen molar-refractivity contribution >= 4 is 28.4 Å². The fraction of sp³-hybridized carbons (Fsp3) is 0.875. The molecule has 0 aromatic heterocycles. The Morgan fingerprint density at radius 1 is 1.21 bits per heavy atom. The van der Waals surface area contributed by atoms with Gasteiger partial charge in [0.1, 0.15) is 0 Å². The lowest BCUT2D eigenvalue weighted by molar-refractivity contribution is 0.248. The largest absolute Gasteiger partial charge is 0.395 e. The summed E-state index contributed by atoms with van der Waals surface area (Å²) in [7, 11) is 0. The summed E-state index contributed by atoms with van der Waals surface area (Å²) in [6.45, 7) is 11.1. The summed E-state index contributed by atoms with van der Waals surface area (Å²) in [5.74, 6) is 1.34. The minimum absolute atomic E-state index is 0.0660. The standard InChI is InChI=1S/C24H42ClNOS/c1-5-7-9-19(21-14-10-18(3)23(21)25)11-12-20-13-15-22(26-20)28-24(4,17-27)16-8-6-2/h19-21,23,27H,3,5-17H2,1-2,4H3/t19-,20?,21?,23-,24+/m0/s1. The summed E-state index contributed by atoms with van der Waals surface area (Å²) in [5.41, 5.74) is 1.25. The van der Waals surface area contributed by atoms with Gasteiger partial charge in [-0.3, -0.25) is 4.99 Å². The quantitative estimate of drug-likeness (QED) is 0.260. The first-order valence-electron chi connectivity index (χ1n) is 11.6. The minimum atomic E-state index is -0.0660. The zero-order valence-corrected chi connectivity index (χ0v) is 20.0. The average Bonchev–Trinajstić information content (AvgIpc) is 3.27. The number of thioether (sulfide) groups is 1. The maximum Gasteiger partial charge on any atom is 0.0686 e. The molecule has 2 aliphatic rings. The van der Waals surface area contributed by atoms with E-state index < -0.39 is 0 Å². The monoisotopic (exact) mass is 427 g/mol. The number of aliphatic hydroxyl groups is 1. The molecule has 5 atom stereocenters. The highest BCUT2D eigenvalue weighted by atomic mass is 35.5. The minimum Gasteiger partial charge on any atom is -0.395 e. The van der Waals surface area contributed by atoms with Crippen molar-refractivity contribution < 1.29 is 5.11 Å². The lowest BCUT2D eigenvalue weighted by atomic mass is 9.82. The number of hydrogen-bond donors (Lipinski definition) is 1. The molecule has 0 amide bonds. The van der Waals surface area contributed by atoms with E-state index in [1.165, 1.54) is 68.4 Å². The van der Waals surface area contributed by atoms with Crippen molar-refractivity contribution in [2.75, 3.05) is 6.61 Å². The second kappa shape index (κ2) is 12.0. The number of alkyl halides is 1. The van der Waals surface area contributed by atoms with Crippen LogP contribution in [0, 0.1) is 11.8 Å². The van der Waals surface area contributed by atoms with E-state index in [1.54, 1.807) is 0 Å². The van der Waals surface area contributed by atoms with Gasteiger partial charge in [-0.25, -0.2) is 0 Å².